The van der Waals surface area contributed by atoms with E-state index >= 15 is 0 Å². The molecule has 0 saturated heterocycles. The fraction of sp³-hybridized carbons (Fsp3) is 0.353. The van der Waals surface area contributed by atoms with Crippen LogP contribution in [0.3, 0.4) is 0 Å². The number of halogens is 1. The van der Waals surface area contributed by atoms with Crippen LogP contribution < -0.4 is 10.1 Å². The van der Waals surface area contributed by atoms with Gasteiger partial charge >= 0.3 is 6.01 Å². The van der Waals surface area contributed by atoms with Crippen LogP contribution in [0.4, 0.5) is 10.1 Å². The monoisotopic (exact) mass is 315 g/mol. The average molecular weight is 315 g/mol. The summed E-state index contributed by atoms with van der Waals surface area (Å²) in [6.45, 7) is 0. The van der Waals surface area contributed by atoms with E-state index in [1.807, 2.05) is 0 Å². The number of hydrogen-bond acceptors (Lipinski definition) is 4. The number of carbonyl (C=O) groups excluding carboxylic acids is 1. The van der Waals surface area contributed by atoms with Crippen molar-refractivity contribution in [3.63, 3.8) is 0 Å². The number of benzene rings is 1. The fourth-order valence-corrected chi connectivity index (χ4v) is 2.75. The van der Waals surface area contributed by atoms with Crippen LogP contribution in [-0.2, 0) is 4.79 Å². The van der Waals surface area contributed by atoms with Crippen molar-refractivity contribution < 1.29 is 13.9 Å². The minimum Gasteiger partial charge on any atom is -0.421 e. The van der Waals surface area contributed by atoms with Crippen molar-refractivity contribution in [2.75, 3.05) is 5.32 Å². The highest BCUT2D eigenvalue weighted by atomic mass is 19.1. The maximum absolute atomic E-state index is 13.5. The largest absolute Gasteiger partial charge is 0.421 e. The van der Waals surface area contributed by atoms with Crippen LogP contribution >= 0.6 is 0 Å². The molecule has 1 saturated carbocycles. The normalized spacial score (nSPS) is 14.7. The number of carbonyl (C=O) groups is 1. The third-order valence-corrected chi connectivity index (χ3v) is 3.90. The summed E-state index contributed by atoms with van der Waals surface area (Å²) in [7, 11) is 0. The van der Waals surface area contributed by atoms with Gasteiger partial charge in [-0.05, 0) is 30.9 Å². The van der Waals surface area contributed by atoms with E-state index in [-0.39, 0.29) is 17.7 Å². The second kappa shape index (κ2) is 7.17. The van der Waals surface area contributed by atoms with E-state index in [0.29, 0.717) is 18.0 Å². The molecule has 120 valence electrons. The van der Waals surface area contributed by atoms with Crippen LogP contribution in [0, 0.1) is 11.7 Å². The molecule has 5 nitrogen and oxygen atoms in total. The molecule has 3 rings (SSSR count). The second-order valence-electron chi connectivity index (χ2n) is 5.69. The molecule has 0 spiro atoms. The Morgan fingerprint density at radius 2 is 1.91 bits per heavy atom. The molecule has 1 amide bonds. The van der Waals surface area contributed by atoms with E-state index in [2.05, 4.69) is 15.3 Å². The standard InChI is InChI=1S/C17H18FN3O2/c18-14-7-3-4-8-15(14)23-17-19-10-13(11-20-17)21-16(22)9-12-5-1-2-6-12/h3-4,7-8,10-12H,1-2,5-6,9H2,(H,21,22). The number of para-hydroxylation sites is 1. The molecule has 1 aromatic carbocycles. The molecule has 1 fully saturated rings. The van der Waals surface area contributed by atoms with Crippen molar-refractivity contribution in [2.45, 2.75) is 32.1 Å². The molecular weight excluding hydrogens is 297 g/mol. The van der Waals surface area contributed by atoms with Gasteiger partial charge in [0, 0.05) is 6.42 Å². The van der Waals surface area contributed by atoms with Gasteiger partial charge in [0.15, 0.2) is 11.6 Å². The lowest BCUT2D eigenvalue weighted by Gasteiger charge is -2.09. The third-order valence-electron chi connectivity index (χ3n) is 3.90. The highest BCUT2D eigenvalue weighted by Gasteiger charge is 2.18. The molecule has 6 heteroatoms. The molecule has 23 heavy (non-hydrogen) atoms. The number of aromatic nitrogens is 2. The lowest BCUT2D eigenvalue weighted by Crippen LogP contribution is -2.15. The molecule has 1 aromatic heterocycles. The van der Waals surface area contributed by atoms with Crippen LogP contribution in [0.15, 0.2) is 36.7 Å². The van der Waals surface area contributed by atoms with Crippen molar-refractivity contribution in [3.05, 3.63) is 42.5 Å². The minimum atomic E-state index is -0.481. The van der Waals surface area contributed by atoms with Gasteiger partial charge in [-0.3, -0.25) is 4.79 Å². The highest BCUT2D eigenvalue weighted by molar-refractivity contribution is 5.90. The average Bonchev–Trinajstić information content (AvgIpc) is 3.04. The van der Waals surface area contributed by atoms with E-state index in [9.17, 15) is 9.18 Å². The first kappa shape index (κ1) is 15.4. The van der Waals surface area contributed by atoms with Crippen molar-refractivity contribution in [3.8, 4) is 11.8 Å². The Kier molecular flexibility index (Phi) is 4.80. The smallest absolute Gasteiger partial charge is 0.322 e. The molecule has 0 atom stereocenters. The summed E-state index contributed by atoms with van der Waals surface area (Å²) in [5, 5.41) is 2.78. The van der Waals surface area contributed by atoms with Gasteiger partial charge in [-0.2, -0.15) is 0 Å². The van der Waals surface area contributed by atoms with Crippen LogP contribution in [0.5, 0.6) is 11.8 Å². The van der Waals surface area contributed by atoms with Gasteiger partial charge in [0.25, 0.3) is 0 Å². The summed E-state index contributed by atoms with van der Waals surface area (Å²) in [5.41, 5.74) is 0.508. The van der Waals surface area contributed by atoms with Gasteiger partial charge in [0.2, 0.25) is 5.91 Å². The van der Waals surface area contributed by atoms with Crippen molar-refractivity contribution in [2.24, 2.45) is 5.92 Å². The number of ether oxygens (including phenoxy) is 1. The maximum atomic E-state index is 13.5. The van der Waals surface area contributed by atoms with Gasteiger partial charge in [-0.1, -0.05) is 25.0 Å². The van der Waals surface area contributed by atoms with Gasteiger partial charge in [-0.15, -0.1) is 0 Å². The topological polar surface area (TPSA) is 64.1 Å². The van der Waals surface area contributed by atoms with E-state index in [1.54, 1.807) is 12.1 Å². The number of anilines is 1. The first-order valence-electron chi connectivity index (χ1n) is 7.75. The fourth-order valence-electron chi connectivity index (χ4n) is 2.75. The van der Waals surface area contributed by atoms with Crippen LogP contribution in [0.25, 0.3) is 0 Å². The second-order valence-corrected chi connectivity index (χ2v) is 5.69. The first-order valence-corrected chi connectivity index (χ1v) is 7.75. The molecule has 0 aliphatic heterocycles. The Bertz CT molecular complexity index is 670. The van der Waals surface area contributed by atoms with E-state index in [4.69, 9.17) is 4.74 Å². The van der Waals surface area contributed by atoms with Crippen LogP contribution in [-0.4, -0.2) is 15.9 Å². The number of hydrogen-bond donors (Lipinski definition) is 1. The molecule has 1 N–H and O–H groups in total. The molecule has 0 bridgehead atoms. The zero-order valence-corrected chi connectivity index (χ0v) is 12.7. The molecule has 1 aliphatic carbocycles. The summed E-state index contributed by atoms with van der Waals surface area (Å²) in [4.78, 5) is 19.9. The van der Waals surface area contributed by atoms with E-state index in [1.165, 1.54) is 37.4 Å². The van der Waals surface area contributed by atoms with Crippen LogP contribution in [0.1, 0.15) is 32.1 Å². The van der Waals surface area contributed by atoms with Gasteiger partial charge in [0.1, 0.15) is 0 Å². The summed E-state index contributed by atoms with van der Waals surface area (Å²) < 4.78 is 18.7. The predicted octanol–water partition coefficient (Wildman–Crippen LogP) is 3.93. The van der Waals surface area contributed by atoms with Crippen molar-refractivity contribution in [1.29, 1.82) is 0 Å². The lowest BCUT2D eigenvalue weighted by atomic mass is 10.0. The summed E-state index contributed by atoms with van der Waals surface area (Å²) in [6.07, 6.45) is 8.11. The number of nitrogens with zero attached hydrogens (tertiary/aromatic N) is 2. The van der Waals surface area contributed by atoms with Crippen LogP contribution in [0.2, 0.25) is 0 Å². The Morgan fingerprint density at radius 3 is 2.61 bits per heavy atom. The van der Waals surface area contributed by atoms with E-state index < -0.39 is 5.82 Å². The third kappa shape index (κ3) is 4.25. The molecule has 1 aliphatic rings. The summed E-state index contributed by atoms with van der Waals surface area (Å²) in [6, 6.07) is 6.06. The molecule has 0 radical (unpaired) electrons. The van der Waals surface area contributed by atoms with Crippen molar-refractivity contribution >= 4 is 11.6 Å². The highest BCUT2D eigenvalue weighted by Crippen LogP contribution is 2.27. The molecular formula is C17H18FN3O2. The number of rotatable bonds is 5. The Morgan fingerprint density at radius 1 is 1.22 bits per heavy atom. The van der Waals surface area contributed by atoms with Gasteiger partial charge < -0.3 is 10.1 Å². The number of nitrogens with one attached hydrogen (secondary N) is 1. The summed E-state index contributed by atoms with van der Waals surface area (Å²) in [5.74, 6) is 0.0402. The quantitative estimate of drug-likeness (QED) is 0.908. The van der Waals surface area contributed by atoms with Crippen molar-refractivity contribution in [1.82, 2.24) is 9.97 Å². The minimum absolute atomic E-state index is 0.0247. The first-order chi connectivity index (χ1) is 11.2. The van der Waals surface area contributed by atoms with Gasteiger partial charge in [0.05, 0.1) is 18.1 Å². The lowest BCUT2D eigenvalue weighted by molar-refractivity contribution is -0.117. The van der Waals surface area contributed by atoms with E-state index in [0.717, 1.165) is 12.8 Å². The maximum Gasteiger partial charge on any atom is 0.322 e. The Hall–Kier alpha value is -2.50. The number of amides is 1. The van der Waals surface area contributed by atoms with Gasteiger partial charge in [-0.25, -0.2) is 14.4 Å². The predicted molar refractivity (Wildman–Crippen MR) is 83.7 cm³/mol. The zero-order valence-electron chi connectivity index (χ0n) is 12.7. The Labute approximate surface area is 133 Å². The molecule has 0 unspecified atom stereocenters. The molecule has 2 aromatic rings. The summed E-state index contributed by atoms with van der Waals surface area (Å²) >= 11 is 0. The Balaban J connectivity index is 1.56. The molecule has 1 heterocycles. The SMILES string of the molecule is O=C(CC1CCCC1)Nc1cnc(Oc2ccccc2F)nc1. The zero-order chi connectivity index (χ0) is 16.1.